The van der Waals surface area contributed by atoms with E-state index in [1.54, 1.807) is 0 Å². The number of rotatable bonds is 3. The van der Waals surface area contributed by atoms with E-state index in [1.165, 1.54) is 23.1 Å². The van der Waals surface area contributed by atoms with Gasteiger partial charge < -0.3 is 5.32 Å². The minimum Gasteiger partial charge on any atom is -0.316 e. The van der Waals surface area contributed by atoms with Gasteiger partial charge in [0, 0.05) is 11.6 Å². The first-order chi connectivity index (χ1) is 7.63. The van der Waals surface area contributed by atoms with Crippen molar-refractivity contribution in [2.45, 2.75) is 39.0 Å². The predicted molar refractivity (Wildman–Crippen MR) is 70.5 cm³/mol. The van der Waals surface area contributed by atoms with E-state index in [9.17, 15) is 0 Å². The quantitative estimate of drug-likeness (QED) is 0.842. The topological polar surface area (TPSA) is 12.0 Å². The highest BCUT2D eigenvalue weighted by Crippen LogP contribution is 2.43. The lowest BCUT2D eigenvalue weighted by molar-refractivity contribution is 0.563. The predicted octanol–water partition coefficient (Wildman–Crippen LogP) is 3.85. The van der Waals surface area contributed by atoms with Crippen LogP contribution in [-0.2, 0) is 0 Å². The maximum Gasteiger partial charge on any atom is 0.0438 e. The van der Waals surface area contributed by atoms with Crippen LogP contribution in [0.15, 0.2) is 12.1 Å². The largest absolute Gasteiger partial charge is 0.316 e. The molecule has 2 heteroatoms. The summed E-state index contributed by atoms with van der Waals surface area (Å²) in [7, 11) is 0. The van der Waals surface area contributed by atoms with Gasteiger partial charge in [-0.3, -0.25) is 0 Å². The summed E-state index contributed by atoms with van der Waals surface area (Å²) in [5.41, 5.74) is 4.17. The Morgan fingerprint density at radius 2 is 2.12 bits per heavy atom. The molecule has 1 aromatic rings. The number of halogens is 1. The van der Waals surface area contributed by atoms with Gasteiger partial charge >= 0.3 is 0 Å². The first-order valence-corrected chi connectivity index (χ1v) is 6.52. The van der Waals surface area contributed by atoms with Crippen molar-refractivity contribution in [2.24, 2.45) is 0 Å². The summed E-state index contributed by atoms with van der Waals surface area (Å²) in [6.45, 7) is 8.68. The zero-order valence-corrected chi connectivity index (χ0v) is 11.1. The van der Waals surface area contributed by atoms with Crippen molar-refractivity contribution < 1.29 is 0 Å². The smallest absolute Gasteiger partial charge is 0.0438 e. The fourth-order valence-electron chi connectivity index (χ4n) is 2.69. The number of fused-ring (bicyclic) bond motifs is 1. The summed E-state index contributed by atoms with van der Waals surface area (Å²) in [5, 5.41) is 4.35. The molecule has 0 aliphatic heterocycles. The molecule has 0 amide bonds. The standard InChI is InChI=1S/C14H20ClN/c1-4-16-8-11-5-9(2)12-6-10(3)14(15)7-13(11)12/h6-7,9,11,16H,4-5,8H2,1-3H3. The summed E-state index contributed by atoms with van der Waals surface area (Å²) in [5.74, 6) is 1.32. The second kappa shape index (κ2) is 4.77. The van der Waals surface area contributed by atoms with Gasteiger partial charge in [-0.1, -0.05) is 31.5 Å². The van der Waals surface area contributed by atoms with Crippen molar-refractivity contribution >= 4 is 11.6 Å². The zero-order valence-electron chi connectivity index (χ0n) is 10.3. The molecular formula is C14H20ClN. The van der Waals surface area contributed by atoms with Gasteiger partial charge in [-0.2, -0.15) is 0 Å². The number of hydrogen-bond donors (Lipinski definition) is 1. The van der Waals surface area contributed by atoms with E-state index < -0.39 is 0 Å². The molecule has 0 spiro atoms. The number of hydrogen-bond acceptors (Lipinski definition) is 1. The third kappa shape index (κ3) is 2.11. The first-order valence-electron chi connectivity index (χ1n) is 6.14. The summed E-state index contributed by atoms with van der Waals surface area (Å²) >= 11 is 6.22. The molecule has 0 aromatic heterocycles. The second-order valence-electron chi connectivity index (χ2n) is 4.87. The third-order valence-corrected chi connectivity index (χ3v) is 4.02. The number of likely N-dealkylation sites (N-methyl/N-ethyl adjacent to an activating group) is 1. The fraction of sp³-hybridized carbons (Fsp3) is 0.571. The van der Waals surface area contributed by atoms with Gasteiger partial charge in [0.2, 0.25) is 0 Å². The van der Waals surface area contributed by atoms with Gasteiger partial charge in [0.25, 0.3) is 0 Å². The van der Waals surface area contributed by atoms with Crippen molar-refractivity contribution in [3.05, 3.63) is 33.8 Å². The number of benzene rings is 1. The fourth-order valence-corrected chi connectivity index (χ4v) is 2.86. The summed E-state index contributed by atoms with van der Waals surface area (Å²) in [4.78, 5) is 0. The molecule has 88 valence electrons. The molecule has 2 atom stereocenters. The molecule has 2 unspecified atom stereocenters. The van der Waals surface area contributed by atoms with Gasteiger partial charge in [0.15, 0.2) is 0 Å². The maximum atomic E-state index is 6.22. The molecule has 1 aromatic carbocycles. The van der Waals surface area contributed by atoms with E-state index >= 15 is 0 Å². The van der Waals surface area contributed by atoms with Crippen molar-refractivity contribution in [3.63, 3.8) is 0 Å². The summed E-state index contributed by atoms with van der Waals surface area (Å²) < 4.78 is 0. The molecule has 2 rings (SSSR count). The molecule has 1 nitrogen and oxygen atoms in total. The Bertz CT molecular complexity index is 387. The van der Waals surface area contributed by atoms with Gasteiger partial charge in [-0.15, -0.1) is 0 Å². The van der Waals surface area contributed by atoms with Crippen molar-refractivity contribution in [2.75, 3.05) is 13.1 Å². The normalized spacial score (nSPS) is 23.5. The van der Waals surface area contributed by atoms with Crippen LogP contribution in [0.1, 0.15) is 48.8 Å². The van der Waals surface area contributed by atoms with Crippen LogP contribution in [-0.4, -0.2) is 13.1 Å². The highest BCUT2D eigenvalue weighted by molar-refractivity contribution is 6.31. The molecule has 1 aliphatic rings. The Labute approximate surface area is 103 Å². The Morgan fingerprint density at radius 3 is 2.81 bits per heavy atom. The van der Waals surface area contributed by atoms with Crippen molar-refractivity contribution in [1.82, 2.24) is 5.32 Å². The lowest BCUT2D eigenvalue weighted by Gasteiger charge is -2.12. The van der Waals surface area contributed by atoms with Crippen LogP contribution in [0.5, 0.6) is 0 Å². The van der Waals surface area contributed by atoms with Crippen LogP contribution < -0.4 is 5.32 Å². The van der Waals surface area contributed by atoms with Crippen LogP contribution in [0.3, 0.4) is 0 Å². The van der Waals surface area contributed by atoms with Crippen molar-refractivity contribution in [3.8, 4) is 0 Å². The van der Waals surface area contributed by atoms with Crippen molar-refractivity contribution in [1.29, 1.82) is 0 Å². The average Bonchev–Trinajstić information content (AvgIpc) is 2.54. The summed E-state index contributed by atoms with van der Waals surface area (Å²) in [6.07, 6.45) is 1.25. The molecule has 0 fully saturated rings. The molecule has 16 heavy (non-hydrogen) atoms. The first kappa shape index (κ1) is 11.9. The Kier molecular flexibility index (Phi) is 3.56. The maximum absolute atomic E-state index is 6.22. The molecule has 0 saturated carbocycles. The van der Waals surface area contributed by atoms with Gasteiger partial charge in [0.1, 0.15) is 0 Å². The molecule has 0 radical (unpaired) electrons. The van der Waals surface area contributed by atoms with E-state index in [2.05, 4.69) is 38.2 Å². The van der Waals surface area contributed by atoms with Crippen LogP contribution in [0, 0.1) is 6.92 Å². The van der Waals surface area contributed by atoms with Crippen LogP contribution in [0.2, 0.25) is 5.02 Å². The average molecular weight is 238 g/mol. The minimum absolute atomic E-state index is 0.642. The van der Waals surface area contributed by atoms with Gasteiger partial charge in [-0.05, 0) is 54.5 Å². The lowest BCUT2D eigenvalue weighted by Crippen LogP contribution is -2.19. The van der Waals surface area contributed by atoms with E-state index in [4.69, 9.17) is 11.6 Å². The van der Waals surface area contributed by atoms with E-state index in [0.29, 0.717) is 11.8 Å². The minimum atomic E-state index is 0.642. The van der Waals surface area contributed by atoms with E-state index in [1.807, 2.05) is 0 Å². The Hall–Kier alpha value is -0.530. The molecule has 0 saturated heterocycles. The molecular weight excluding hydrogens is 218 g/mol. The number of nitrogens with one attached hydrogen (secondary N) is 1. The number of aryl methyl sites for hydroxylation is 1. The Balaban J connectivity index is 2.30. The van der Waals surface area contributed by atoms with Gasteiger partial charge in [0.05, 0.1) is 0 Å². The highest BCUT2D eigenvalue weighted by Gasteiger charge is 2.28. The van der Waals surface area contributed by atoms with E-state index in [0.717, 1.165) is 18.1 Å². The molecule has 1 aliphatic carbocycles. The van der Waals surface area contributed by atoms with Crippen LogP contribution in [0.4, 0.5) is 0 Å². The van der Waals surface area contributed by atoms with Gasteiger partial charge in [-0.25, -0.2) is 0 Å². The zero-order chi connectivity index (χ0) is 11.7. The monoisotopic (exact) mass is 237 g/mol. The van der Waals surface area contributed by atoms with Crippen LogP contribution >= 0.6 is 11.6 Å². The molecule has 0 bridgehead atoms. The van der Waals surface area contributed by atoms with Crippen LogP contribution in [0.25, 0.3) is 0 Å². The third-order valence-electron chi connectivity index (χ3n) is 3.61. The highest BCUT2D eigenvalue weighted by atomic mass is 35.5. The second-order valence-corrected chi connectivity index (χ2v) is 5.28. The summed E-state index contributed by atoms with van der Waals surface area (Å²) in [6, 6.07) is 4.45. The lowest BCUT2D eigenvalue weighted by atomic mass is 9.99. The molecule has 0 heterocycles. The molecule has 1 N–H and O–H groups in total. The van der Waals surface area contributed by atoms with E-state index in [-0.39, 0.29) is 0 Å². The SMILES string of the molecule is CCNCC1CC(C)c2cc(C)c(Cl)cc21. The Morgan fingerprint density at radius 1 is 1.38 bits per heavy atom.